The smallest absolute Gasteiger partial charge is 0.252 e. The van der Waals surface area contributed by atoms with Crippen molar-refractivity contribution < 1.29 is 9.53 Å². The summed E-state index contributed by atoms with van der Waals surface area (Å²) in [5.41, 5.74) is 0.562. The zero-order valence-corrected chi connectivity index (χ0v) is 10.4. The number of rotatable bonds is 3. The highest BCUT2D eigenvalue weighted by Gasteiger charge is 2.16. The number of hydrogen-bond donors (Lipinski definition) is 1. The molecule has 2 rings (SSSR count). The van der Waals surface area contributed by atoms with Crippen LogP contribution in [0.15, 0.2) is 22.9 Å². The molecule has 5 heteroatoms. The summed E-state index contributed by atoms with van der Waals surface area (Å²) < 4.78 is 6.23. The first-order valence-corrected chi connectivity index (χ1v) is 6.05. The molecule has 1 aliphatic heterocycles. The minimum Gasteiger partial charge on any atom is -0.376 e. The molecule has 4 nitrogen and oxygen atoms in total. The van der Waals surface area contributed by atoms with Gasteiger partial charge in [-0.05, 0) is 34.8 Å². The average Bonchev–Trinajstić information content (AvgIpc) is 2.78. The molecule has 1 N–H and O–H groups in total. The zero-order chi connectivity index (χ0) is 11.4. The van der Waals surface area contributed by atoms with Gasteiger partial charge in [-0.15, -0.1) is 0 Å². The van der Waals surface area contributed by atoms with Gasteiger partial charge in [-0.25, -0.2) is 0 Å². The minimum atomic E-state index is -0.107. The molecule has 0 radical (unpaired) electrons. The number of carbonyl (C=O) groups excluding carboxylic acids is 1. The van der Waals surface area contributed by atoms with Gasteiger partial charge in [-0.3, -0.25) is 9.78 Å². The Hall–Kier alpha value is -0.940. The van der Waals surface area contributed by atoms with Crippen molar-refractivity contribution in [1.82, 2.24) is 10.3 Å². The van der Waals surface area contributed by atoms with E-state index in [2.05, 4.69) is 26.2 Å². The number of ether oxygens (including phenoxy) is 1. The fraction of sp³-hybridized carbons (Fsp3) is 0.455. The fourth-order valence-electron chi connectivity index (χ4n) is 1.65. The fourth-order valence-corrected chi connectivity index (χ4v) is 2.01. The third-order valence-electron chi connectivity index (χ3n) is 2.48. The first-order chi connectivity index (χ1) is 7.75. The van der Waals surface area contributed by atoms with Gasteiger partial charge in [-0.2, -0.15) is 0 Å². The Morgan fingerprint density at radius 1 is 1.62 bits per heavy atom. The third kappa shape index (κ3) is 3.02. The van der Waals surface area contributed by atoms with Crippen LogP contribution in [0.2, 0.25) is 0 Å². The number of halogens is 1. The van der Waals surface area contributed by atoms with E-state index in [1.807, 2.05) is 0 Å². The van der Waals surface area contributed by atoms with E-state index >= 15 is 0 Å². The van der Waals surface area contributed by atoms with Crippen LogP contribution in [-0.2, 0) is 4.74 Å². The topological polar surface area (TPSA) is 51.2 Å². The van der Waals surface area contributed by atoms with Gasteiger partial charge in [0.2, 0.25) is 0 Å². The van der Waals surface area contributed by atoms with E-state index in [9.17, 15) is 4.79 Å². The Bertz CT molecular complexity index is 378. The van der Waals surface area contributed by atoms with Crippen LogP contribution in [0.1, 0.15) is 23.2 Å². The Morgan fingerprint density at radius 2 is 2.50 bits per heavy atom. The molecule has 1 aliphatic rings. The molecule has 1 saturated heterocycles. The highest BCUT2D eigenvalue weighted by Crippen LogP contribution is 2.12. The normalized spacial score (nSPS) is 19.7. The lowest BCUT2D eigenvalue weighted by Crippen LogP contribution is -2.31. The lowest BCUT2D eigenvalue weighted by atomic mass is 10.2. The van der Waals surface area contributed by atoms with Gasteiger partial charge in [0, 0.05) is 30.0 Å². The summed E-state index contributed by atoms with van der Waals surface area (Å²) in [4.78, 5) is 15.7. The summed E-state index contributed by atoms with van der Waals surface area (Å²) in [6, 6.07) is 1.75. The van der Waals surface area contributed by atoms with E-state index in [0.717, 1.165) is 23.9 Å². The van der Waals surface area contributed by atoms with Crippen LogP contribution >= 0.6 is 15.9 Å². The molecule has 86 valence electrons. The number of carbonyl (C=O) groups is 1. The highest BCUT2D eigenvalue weighted by atomic mass is 79.9. The molecule has 0 unspecified atom stereocenters. The lowest BCUT2D eigenvalue weighted by Gasteiger charge is -2.10. The van der Waals surface area contributed by atoms with Crippen LogP contribution in [0.25, 0.3) is 0 Å². The van der Waals surface area contributed by atoms with E-state index in [4.69, 9.17) is 4.74 Å². The van der Waals surface area contributed by atoms with Crippen LogP contribution < -0.4 is 5.32 Å². The summed E-state index contributed by atoms with van der Waals surface area (Å²) in [7, 11) is 0. The maximum atomic E-state index is 11.7. The van der Waals surface area contributed by atoms with E-state index in [-0.39, 0.29) is 12.0 Å². The Morgan fingerprint density at radius 3 is 3.19 bits per heavy atom. The monoisotopic (exact) mass is 284 g/mol. The number of nitrogens with zero attached hydrogens (tertiary/aromatic N) is 1. The number of hydrogen-bond acceptors (Lipinski definition) is 3. The molecule has 1 amide bonds. The summed E-state index contributed by atoms with van der Waals surface area (Å²) >= 11 is 3.28. The van der Waals surface area contributed by atoms with Gasteiger partial charge in [-0.1, -0.05) is 0 Å². The molecular formula is C11H13BrN2O2. The van der Waals surface area contributed by atoms with Crippen LogP contribution in [0.3, 0.4) is 0 Å². The molecule has 0 aliphatic carbocycles. The molecule has 1 aromatic rings. The van der Waals surface area contributed by atoms with Gasteiger partial charge in [0.25, 0.3) is 5.91 Å². The summed E-state index contributed by atoms with van der Waals surface area (Å²) in [5, 5.41) is 2.84. The van der Waals surface area contributed by atoms with Crippen molar-refractivity contribution in [3.8, 4) is 0 Å². The number of aromatic nitrogens is 1. The van der Waals surface area contributed by atoms with Gasteiger partial charge in [0.1, 0.15) is 0 Å². The van der Waals surface area contributed by atoms with Crippen molar-refractivity contribution in [3.63, 3.8) is 0 Å². The molecule has 0 aromatic carbocycles. The molecular weight excluding hydrogens is 272 g/mol. The predicted octanol–water partition coefficient (Wildman–Crippen LogP) is 1.75. The van der Waals surface area contributed by atoms with E-state index in [1.54, 1.807) is 18.5 Å². The third-order valence-corrected chi connectivity index (χ3v) is 2.92. The number of nitrogens with one attached hydrogen (secondary N) is 1. The first kappa shape index (κ1) is 11.5. The second-order valence-electron chi connectivity index (χ2n) is 3.74. The van der Waals surface area contributed by atoms with Gasteiger partial charge >= 0.3 is 0 Å². The van der Waals surface area contributed by atoms with Crippen molar-refractivity contribution in [2.24, 2.45) is 0 Å². The summed E-state index contributed by atoms with van der Waals surface area (Å²) in [5.74, 6) is -0.107. The standard InChI is InChI=1S/C11H13BrN2O2/c12-9-4-8(5-13-6-9)11(15)14-7-10-2-1-3-16-10/h4-6,10H,1-3,7H2,(H,14,15)/t10-/m1/s1. The van der Waals surface area contributed by atoms with Gasteiger partial charge in [0.15, 0.2) is 0 Å². The molecule has 0 saturated carbocycles. The first-order valence-electron chi connectivity index (χ1n) is 5.26. The van der Waals surface area contributed by atoms with E-state index in [0.29, 0.717) is 12.1 Å². The van der Waals surface area contributed by atoms with Gasteiger partial charge in [0.05, 0.1) is 11.7 Å². The molecule has 0 bridgehead atoms. The SMILES string of the molecule is O=C(NC[C@H]1CCCO1)c1cncc(Br)c1. The Kier molecular flexibility index (Phi) is 3.90. The second-order valence-corrected chi connectivity index (χ2v) is 4.65. The maximum Gasteiger partial charge on any atom is 0.252 e. The van der Waals surface area contributed by atoms with Crippen LogP contribution in [0.5, 0.6) is 0 Å². The van der Waals surface area contributed by atoms with Crippen molar-refractivity contribution in [2.75, 3.05) is 13.2 Å². The zero-order valence-electron chi connectivity index (χ0n) is 8.78. The second kappa shape index (κ2) is 5.41. The van der Waals surface area contributed by atoms with Crippen molar-refractivity contribution in [2.45, 2.75) is 18.9 Å². The Balaban J connectivity index is 1.87. The summed E-state index contributed by atoms with van der Waals surface area (Å²) in [6.45, 7) is 1.38. The molecule has 16 heavy (non-hydrogen) atoms. The van der Waals surface area contributed by atoms with Gasteiger partial charge < -0.3 is 10.1 Å². The van der Waals surface area contributed by atoms with E-state index in [1.165, 1.54) is 0 Å². The molecule has 1 atom stereocenters. The number of amides is 1. The minimum absolute atomic E-state index is 0.107. The molecule has 1 fully saturated rings. The van der Waals surface area contributed by atoms with Crippen LogP contribution in [0.4, 0.5) is 0 Å². The number of pyridine rings is 1. The average molecular weight is 285 g/mol. The van der Waals surface area contributed by atoms with Crippen molar-refractivity contribution in [3.05, 3.63) is 28.5 Å². The molecule has 2 heterocycles. The predicted molar refractivity (Wildman–Crippen MR) is 63.2 cm³/mol. The van der Waals surface area contributed by atoms with Crippen molar-refractivity contribution >= 4 is 21.8 Å². The molecule has 0 spiro atoms. The van der Waals surface area contributed by atoms with E-state index < -0.39 is 0 Å². The van der Waals surface area contributed by atoms with Crippen LogP contribution in [-0.4, -0.2) is 30.1 Å². The highest BCUT2D eigenvalue weighted by molar-refractivity contribution is 9.10. The lowest BCUT2D eigenvalue weighted by molar-refractivity contribution is 0.0857. The Labute approximate surface area is 103 Å². The quantitative estimate of drug-likeness (QED) is 0.920. The maximum absolute atomic E-state index is 11.7. The van der Waals surface area contributed by atoms with Crippen molar-refractivity contribution in [1.29, 1.82) is 0 Å². The largest absolute Gasteiger partial charge is 0.376 e. The van der Waals surface area contributed by atoms with Crippen LogP contribution in [0, 0.1) is 0 Å². The molecule has 1 aromatic heterocycles. The summed E-state index contributed by atoms with van der Waals surface area (Å²) in [6.07, 6.45) is 5.48.